The van der Waals surface area contributed by atoms with E-state index in [4.69, 9.17) is 5.11 Å². The van der Waals surface area contributed by atoms with Gasteiger partial charge in [-0.05, 0) is 59.2 Å². The maximum Gasteiger partial charge on any atom is 0.326 e. The largest absolute Gasteiger partial charge is 0.480 e. The van der Waals surface area contributed by atoms with E-state index in [1.807, 2.05) is 18.4 Å². The van der Waals surface area contributed by atoms with E-state index in [0.29, 0.717) is 17.9 Å². The molecule has 7 heteroatoms. The Labute approximate surface area is 129 Å². The van der Waals surface area contributed by atoms with Crippen molar-refractivity contribution in [3.05, 3.63) is 27.8 Å². The summed E-state index contributed by atoms with van der Waals surface area (Å²) in [7, 11) is 0. The number of benzene rings is 1. The monoisotopic (exact) mass is 394 g/mol. The van der Waals surface area contributed by atoms with E-state index in [0.717, 1.165) is 3.57 Å². The number of aliphatic carboxylic acids is 1. The third-order valence-corrected chi connectivity index (χ3v) is 3.61. The zero-order chi connectivity index (χ0) is 14.3. The summed E-state index contributed by atoms with van der Waals surface area (Å²) in [4.78, 5) is 22.7. The number of hydrogen-bond donors (Lipinski definition) is 3. The summed E-state index contributed by atoms with van der Waals surface area (Å²) in [6.07, 6.45) is 2.29. The normalized spacial score (nSPS) is 11.7. The number of rotatable bonds is 6. The molecular weight excluding hydrogens is 379 g/mol. The van der Waals surface area contributed by atoms with E-state index in [9.17, 15) is 9.59 Å². The molecule has 5 nitrogen and oxygen atoms in total. The Morgan fingerprint density at radius 3 is 2.79 bits per heavy atom. The summed E-state index contributed by atoms with van der Waals surface area (Å²) in [5, 5.41) is 14.1. The minimum Gasteiger partial charge on any atom is -0.480 e. The van der Waals surface area contributed by atoms with Crippen molar-refractivity contribution in [2.24, 2.45) is 0 Å². The van der Waals surface area contributed by atoms with Crippen LogP contribution in [0, 0.1) is 3.57 Å². The molecule has 19 heavy (non-hydrogen) atoms. The van der Waals surface area contributed by atoms with Gasteiger partial charge in [0.15, 0.2) is 0 Å². The number of thioether (sulfide) groups is 1. The molecule has 0 heterocycles. The Kier molecular flexibility index (Phi) is 7.00. The second-order valence-corrected chi connectivity index (χ2v) is 6.01. The summed E-state index contributed by atoms with van der Waals surface area (Å²) < 4.78 is 0.993. The Morgan fingerprint density at radius 2 is 2.21 bits per heavy atom. The first-order chi connectivity index (χ1) is 9.02. The van der Waals surface area contributed by atoms with Crippen LogP contribution >= 0.6 is 34.4 Å². The molecular formula is C12H15IN2O3S. The number of carbonyl (C=O) groups is 2. The molecule has 1 aromatic carbocycles. The molecule has 104 valence electrons. The molecule has 0 spiro atoms. The first-order valence-electron chi connectivity index (χ1n) is 5.57. The topological polar surface area (TPSA) is 78.4 Å². The maximum absolute atomic E-state index is 11.7. The van der Waals surface area contributed by atoms with Gasteiger partial charge in [0.2, 0.25) is 0 Å². The third kappa shape index (κ3) is 6.15. The number of carboxylic acids is 1. The van der Waals surface area contributed by atoms with Gasteiger partial charge < -0.3 is 15.7 Å². The number of anilines is 1. The fourth-order valence-corrected chi connectivity index (χ4v) is 2.40. The van der Waals surface area contributed by atoms with Crippen LogP contribution in [0.2, 0.25) is 0 Å². The Hall–Kier alpha value is -0.960. The molecule has 0 saturated carbocycles. The fraction of sp³-hybridized carbons (Fsp3) is 0.333. The molecule has 0 aromatic heterocycles. The zero-order valence-corrected chi connectivity index (χ0v) is 13.3. The Bertz CT molecular complexity index is 456. The van der Waals surface area contributed by atoms with Crippen molar-refractivity contribution in [2.75, 3.05) is 17.3 Å². The molecule has 1 rings (SSSR count). The van der Waals surface area contributed by atoms with Gasteiger partial charge in [-0.1, -0.05) is 6.07 Å². The summed E-state index contributed by atoms with van der Waals surface area (Å²) in [6.45, 7) is 0. The van der Waals surface area contributed by atoms with Crippen LogP contribution in [0.25, 0.3) is 0 Å². The van der Waals surface area contributed by atoms with Crippen LogP contribution < -0.4 is 10.6 Å². The maximum atomic E-state index is 11.7. The minimum absolute atomic E-state index is 0.399. The smallest absolute Gasteiger partial charge is 0.326 e. The molecule has 3 N–H and O–H groups in total. The highest BCUT2D eigenvalue weighted by Crippen LogP contribution is 2.12. The summed E-state index contributed by atoms with van der Waals surface area (Å²) in [5.74, 6) is -0.340. The number of amides is 2. The average Bonchev–Trinajstić information content (AvgIpc) is 2.34. The molecule has 1 unspecified atom stereocenters. The van der Waals surface area contributed by atoms with Gasteiger partial charge in [0.25, 0.3) is 0 Å². The van der Waals surface area contributed by atoms with E-state index < -0.39 is 18.0 Å². The number of carbonyl (C=O) groups excluding carboxylic acids is 1. The predicted molar refractivity (Wildman–Crippen MR) is 85.7 cm³/mol. The molecule has 0 saturated heterocycles. The number of hydrogen-bond acceptors (Lipinski definition) is 3. The van der Waals surface area contributed by atoms with Gasteiger partial charge in [-0.15, -0.1) is 0 Å². The summed E-state index contributed by atoms with van der Waals surface area (Å²) in [6, 6.07) is 5.91. The lowest BCUT2D eigenvalue weighted by atomic mass is 10.2. The number of nitrogens with one attached hydrogen (secondary N) is 2. The molecule has 0 radical (unpaired) electrons. The number of carboxylic acid groups (broad SMARTS) is 1. The third-order valence-electron chi connectivity index (χ3n) is 2.30. The van der Waals surface area contributed by atoms with Crippen LogP contribution in [0.4, 0.5) is 10.5 Å². The van der Waals surface area contributed by atoms with E-state index >= 15 is 0 Å². The van der Waals surface area contributed by atoms with Crippen molar-refractivity contribution in [3.8, 4) is 0 Å². The molecule has 2 amide bonds. The van der Waals surface area contributed by atoms with Crippen LogP contribution in [-0.4, -0.2) is 35.2 Å². The fourth-order valence-electron chi connectivity index (χ4n) is 1.38. The van der Waals surface area contributed by atoms with Crippen LogP contribution in [0.5, 0.6) is 0 Å². The Balaban J connectivity index is 2.55. The average molecular weight is 394 g/mol. The molecule has 0 bridgehead atoms. The molecule has 1 atom stereocenters. The summed E-state index contributed by atoms with van der Waals surface area (Å²) >= 11 is 3.68. The number of halogens is 1. The second kappa shape index (κ2) is 8.26. The van der Waals surface area contributed by atoms with Gasteiger partial charge in [-0.2, -0.15) is 11.8 Å². The van der Waals surface area contributed by atoms with E-state index in [2.05, 4.69) is 33.2 Å². The van der Waals surface area contributed by atoms with Crippen molar-refractivity contribution in [2.45, 2.75) is 12.5 Å². The highest BCUT2D eigenvalue weighted by Gasteiger charge is 2.19. The van der Waals surface area contributed by atoms with Gasteiger partial charge in [0.05, 0.1) is 0 Å². The van der Waals surface area contributed by atoms with Crippen LogP contribution in [-0.2, 0) is 4.79 Å². The van der Waals surface area contributed by atoms with Gasteiger partial charge in [-0.3, -0.25) is 0 Å². The van der Waals surface area contributed by atoms with Crippen molar-refractivity contribution < 1.29 is 14.7 Å². The molecule has 0 aliphatic heterocycles. The van der Waals surface area contributed by atoms with Crippen LogP contribution in [0.1, 0.15) is 6.42 Å². The van der Waals surface area contributed by atoms with E-state index in [1.54, 1.807) is 23.9 Å². The quantitative estimate of drug-likeness (QED) is 0.649. The second-order valence-electron chi connectivity index (χ2n) is 3.78. The molecule has 0 fully saturated rings. The highest BCUT2D eigenvalue weighted by atomic mass is 127. The standard InChI is InChI=1S/C12H15IN2O3S/c1-19-6-5-10(11(16)17)15-12(18)14-9-4-2-3-8(13)7-9/h2-4,7,10H,5-6H2,1H3,(H,16,17)(H2,14,15,18). The first-order valence-corrected chi connectivity index (χ1v) is 8.05. The lowest BCUT2D eigenvalue weighted by Crippen LogP contribution is -2.43. The number of urea groups is 1. The van der Waals surface area contributed by atoms with Crippen molar-refractivity contribution in [3.63, 3.8) is 0 Å². The van der Waals surface area contributed by atoms with Gasteiger partial charge in [0, 0.05) is 9.26 Å². The molecule has 1 aromatic rings. The lowest BCUT2D eigenvalue weighted by Gasteiger charge is -2.14. The molecule has 0 aliphatic rings. The molecule has 0 aliphatic carbocycles. The van der Waals surface area contributed by atoms with E-state index in [1.165, 1.54) is 0 Å². The van der Waals surface area contributed by atoms with Crippen molar-refractivity contribution in [1.82, 2.24) is 5.32 Å². The zero-order valence-electron chi connectivity index (χ0n) is 10.4. The van der Waals surface area contributed by atoms with Gasteiger partial charge in [-0.25, -0.2) is 9.59 Å². The summed E-state index contributed by atoms with van der Waals surface area (Å²) in [5.41, 5.74) is 0.637. The van der Waals surface area contributed by atoms with Crippen LogP contribution in [0.3, 0.4) is 0 Å². The van der Waals surface area contributed by atoms with Gasteiger partial charge >= 0.3 is 12.0 Å². The Morgan fingerprint density at radius 1 is 1.47 bits per heavy atom. The van der Waals surface area contributed by atoms with Crippen molar-refractivity contribution >= 4 is 52.0 Å². The SMILES string of the molecule is CSCCC(NC(=O)Nc1cccc(I)c1)C(=O)O. The van der Waals surface area contributed by atoms with Gasteiger partial charge in [0.1, 0.15) is 6.04 Å². The highest BCUT2D eigenvalue weighted by molar-refractivity contribution is 14.1. The van der Waals surface area contributed by atoms with E-state index in [-0.39, 0.29) is 0 Å². The lowest BCUT2D eigenvalue weighted by molar-refractivity contribution is -0.139. The first kappa shape index (κ1) is 16.1. The predicted octanol–water partition coefficient (Wildman–Crippen LogP) is 2.62. The minimum atomic E-state index is -1.02. The van der Waals surface area contributed by atoms with Crippen LogP contribution in [0.15, 0.2) is 24.3 Å². The van der Waals surface area contributed by atoms with Crippen molar-refractivity contribution in [1.29, 1.82) is 0 Å².